The lowest BCUT2D eigenvalue weighted by Crippen LogP contribution is -2.60. The van der Waals surface area contributed by atoms with Gasteiger partial charge in [0.2, 0.25) is 0 Å². The number of likely N-dealkylation sites (tertiary alicyclic amines) is 1. The molecule has 14 heteroatoms. The molecular weight excluding hydrogens is 627 g/mol. The highest BCUT2D eigenvalue weighted by atomic mass is 19.4. The van der Waals surface area contributed by atoms with E-state index in [9.17, 15) is 46.5 Å². The van der Waals surface area contributed by atoms with Gasteiger partial charge in [-0.1, -0.05) is 32.9 Å². The van der Waals surface area contributed by atoms with Crippen molar-refractivity contribution in [3.63, 3.8) is 0 Å². The van der Waals surface area contributed by atoms with Crippen molar-refractivity contribution >= 4 is 23.6 Å². The summed E-state index contributed by atoms with van der Waals surface area (Å²) in [7, 11) is 0. The summed E-state index contributed by atoms with van der Waals surface area (Å²) in [4.78, 5) is 41.0. The minimum absolute atomic E-state index is 0.0285. The second-order valence-corrected chi connectivity index (χ2v) is 13.6. The van der Waals surface area contributed by atoms with E-state index in [2.05, 4.69) is 5.32 Å². The molecule has 0 radical (unpaired) electrons. The first-order valence-electron chi connectivity index (χ1n) is 15.3. The summed E-state index contributed by atoms with van der Waals surface area (Å²) < 4.78 is 70.3. The van der Waals surface area contributed by atoms with Crippen molar-refractivity contribution in [1.29, 1.82) is 0 Å². The molecule has 2 unspecified atom stereocenters. The first-order valence-corrected chi connectivity index (χ1v) is 15.3. The van der Waals surface area contributed by atoms with Gasteiger partial charge in [-0.25, -0.2) is 18.6 Å². The minimum Gasteiger partial charge on any atom is -0.509 e. The van der Waals surface area contributed by atoms with Crippen molar-refractivity contribution in [1.82, 2.24) is 14.9 Å². The Balaban J connectivity index is 1.52. The van der Waals surface area contributed by atoms with Crippen LogP contribution in [0.25, 0.3) is 0 Å². The van der Waals surface area contributed by atoms with Crippen LogP contribution in [-0.4, -0.2) is 67.7 Å². The van der Waals surface area contributed by atoms with Gasteiger partial charge in [0.1, 0.15) is 11.3 Å². The number of hydrogen-bond acceptors (Lipinski definition) is 5. The van der Waals surface area contributed by atoms with Crippen LogP contribution in [0.1, 0.15) is 76.0 Å². The first-order chi connectivity index (χ1) is 21.8. The van der Waals surface area contributed by atoms with E-state index in [1.54, 1.807) is 6.92 Å². The van der Waals surface area contributed by atoms with E-state index in [0.29, 0.717) is 12.8 Å². The molecule has 2 aromatic carbocycles. The van der Waals surface area contributed by atoms with Gasteiger partial charge in [-0.3, -0.25) is 14.6 Å². The summed E-state index contributed by atoms with van der Waals surface area (Å²) in [5.41, 5.74) is -3.49. The maximum absolute atomic E-state index is 14.7. The van der Waals surface area contributed by atoms with Crippen LogP contribution in [0.15, 0.2) is 47.7 Å². The van der Waals surface area contributed by atoms with Crippen LogP contribution in [0.2, 0.25) is 0 Å². The fourth-order valence-electron chi connectivity index (χ4n) is 7.05. The fraction of sp³-hybridized carbons (Fsp3) is 0.485. The number of hydrogen-bond donors (Lipinski definition) is 3. The van der Waals surface area contributed by atoms with Gasteiger partial charge in [-0.05, 0) is 73.8 Å². The number of carbonyl (C=O) groups is 3. The number of benzene rings is 2. The zero-order chi connectivity index (χ0) is 34.6. The molecule has 2 fully saturated rings. The number of amides is 3. The van der Waals surface area contributed by atoms with Crippen molar-refractivity contribution in [2.45, 2.75) is 83.6 Å². The van der Waals surface area contributed by atoms with Gasteiger partial charge in [-0.2, -0.15) is 13.2 Å². The molecular formula is C33H37F5N4O5. The lowest BCUT2D eigenvalue weighted by Gasteiger charge is -2.46. The highest BCUT2D eigenvalue weighted by Gasteiger charge is 2.53. The third-order valence-electron chi connectivity index (χ3n) is 9.58. The Morgan fingerprint density at radius 1 is 1.09 bits per heavy atom. The number of carboxylic acid groups (broad SMARTS) is 1. The Morgan fingerprint density at radius 2 is 1.79 bits per heavy atom. The predicted octanol–water partition coefficient (Wildman–Crippen LogP) is 6.82. The molecule has 0 aromatic heterocycles. The quantitative estimate of drug-likeness (QED) is 0.239. The van der Waals surface area contributed by atoms with E-state index in [-0.39, 0.29) is 42.7 Å². The number of anilines is 1. The van der Waals surface area contributed by atoms with Crippen molar-refractivity contribution in [3.8, 4) is 0 Å². The normalized spacial score (nSPS) is 24.1. The molecule has 3 heterocycles. The van der Waals surface area contributed by atoms with Crippen molar-refractivity contribution < 1.29 is 46.5 Å². The third-order valence-corrected chi connectivity index (χ3v) is 9.58. The number of aliphatic hydroxyl groups excluding tert-OH is 1. The highest BCUT2D eigenvalue weighted by molar-refractivity contribution is 6.23. The molecule has 0 spiro atoms. The molecule has 2 aromatic rings. The Hall–Kier alpha value is -4.20. The predicted molar refractivity (Wildman–Crippen MR) is 161 cm³/mol. The number of carbonyl (C=O) groups excluding carboxylic acids is 2. The van der Waals surface area contributed by atoms with Crippen LogP contribution in [0.3, 0.4) is 0 Å². The zero-order valence-electron chi connectivity index (χ0n) is 26.4. The van der Waals surface area contributed by atoms with Crippen molar-refractivity contribution in [2.24, 2.45) is 5.41 Å². The lowest BCUT2D eigenvalue weighted by atomic mass is 9.74. The van der Waals surface area contributed by atoms with Crippen LogP contribution in [0, 0.1) is 17.0 Å². The Kier molecular flexibility index (Phi) is 8.80. The molecule has 0 aliphatic carbocycles. The van der Waals surface area contributed by atoms with E-state index in [0.717, 1.165) is 29.3 Å². The number of aliphatic hydroxyl groups is 1. The molecule has 3 aliphatic rings. The number of piperidine rings is 1. The van der Waals surface area contributed by atoms with Gasteiger partial charge in [0.15, 0.2) is 11.6 Å². The maximum atomic E-state index is 14.7. The van der Waals surface area contributed by atoms with Gasteiger partial charge in [-0.15, -0.1) is 0 Å². The van der Waals surface area contributed by atoms with Crippen LogP contribution < -0.4 is 5.32 Å². The summed E-state index contributed by atoms with van der Waals surface area (Å²) >= 11 is 0. The second kappa shape index (κ2) is 12.1. The summed E-state index contributed by atoms with van der Waals surface area (Å²) in [5, 5.41) is 26.3. The van der Waals surface area contributed by atoms with Crippen molar-refractivity contribution in [2.75, 3.05) is 18.4 Å². The van der Waals surface area contributed by atoms with E-state index in [1.807, 2.05) is 20.8 Å². The molecule has 2 saturated heterocycles. The van der Waals surface area contributed by atoms with Gasteiger partial charge >= 0.3 is 12.3 Å². The minimum atomic E-state index is -4.71. The SMILES string of the molecule is CC(C)(C)C1CC(c2cc(C(F)(F)F)ccc2NC(=O)C2=C(O)[C@@]3(C)CCCN3N(Cc3cccc(F)c3F)C2=O)CCN1C(=O)O. The van der Waals surface area contributed by atoms with Crippen LogP contribution >= 0.6 is 0 Å². The highest BCUT2D eigenvalue weighted by Crippen LogP contribution is 2.45. The van der Waals surface area contributed by atoms with Gasteiger partial charge in [0, 0.05) is 30.4 Å². The van der Waals surface area contributed by atoms with E-state index >= 15 is 0 Å². The number of nitrogens with one attached hydrogen (secondary N) is 1. The number of nitrogens with zero attached hydrogens (tertiary/aromatic N) is 3. The molecule has 3 amide bonds. The van der Waals surface area contributed by atoms with Crippen LogP contribution in [0.5, 0.6) is 0 Å². The number of halogens is 5. The molecule has 5 rings (SSSR count). The van der Waals surface area contributed by atoms with Crippen LogP contribution in [0.4, 0.5) is 32.4 Å². The molecule has 3 atom stereocenters. The van der Waals surface area contributed by atoms with Crippen LogP contribution in [-0.2, 0) is 22.3 Å². The number of hydrazine groups is 1. The molecule has 254 valence electrons. The zero-order valence-corrected chi connectivity index (χ0v) is 26.4. The van der Waals surface area contributed by atoms with Gasteiger partial charge in [0.25, 0.3) is 11.8 Å². The molecule has 3 aliphatic heterocycles. The Morgan fingerprint density at radius 3 is 2.43 bits per heavy atom. The van der Waals surface area contributed by atoms with E-state index < -0.39 is 82.1 Å². The Labute approximate surface area is 268 Å². The standard InChI is InChI=1S/C33H37F5N4O5/c1-31(2,3)24-15-18(11-14-40(24)30(46)47)21-16-20(33(36,37)38)9-10-23(21)39-28(44)25-27(43)32(4)12-6-13-42(32)41(29(25)45)17-19-7-5-8-22(34)26(19)35/h5,7-10,16,18,24,43H,6,11-15,17H2,1-4H3,(H,39,44)(H,46,47)/t18?,24?,32-/m1/s1. The number of alkyl halides is 3. The smallest absolute Gasteiger partial charge is 0.416 e. The maximum Gasteiger partial charge on any atom is 0.416 e. The lowest BCUT2D eigenvalue weighted by molar-refractivity contribution is -0.160. The van der Waals surface area contributed by atoms with E-state index in [1.165, 1.54) is 22.0 Å². The summed E-state index contributed by atoms with van der Waals surface area (Å²) in [6, 6.07) is 5.76. The largest absolute Gasteiger partial charge is 0.509 e. The first kappa shape index (κ1) is 34.1. The molecule has 0 bridgehead atoms. The summed E-state index contributed by atoms with van der Waals surface area (Å²) in [6.45, 7) is 7.01. The van der Waals surface area contributed by atoms with Crippen molar-refractivity contribution in [3.05, 3.63) is 76.1 Å². The van der Waals surface area contributed by atoms with E-state index in [4.69, 9.17) is 0 Å². The third kappa shape index (κ3) is 6.27. The monoisotopic (exact) mass is 664 g/mol. The molecule has 9 nitrogen and oxygen atoms in total. The molecule has 47 heavy (non-hydrogen) atoms. The molecule has 3 N–H and O–H groups in total. The van der Waals surface area contributed by atoms with Gasteiger partial charge in [0.05, 0.1) is 17.6 Å². The average Bonchev–Trinajstić information content (AvgIpc) is 3.39. The number of rotatable bonds is 5. The average molecular weight is 665 g/mol. The molecule has 0 saturated carbocycles. The van der Waals surface area contributed by atoms with Gasteiger partial charge < -0.3 is 20.4 Å². The number of fused-ring (bicyclic) bond motifs is 1. The summed E-state index contributed by atoms with van der Waals surface area (Å²) in [5.74, 6) is -5.48. The fourth-order valence-corrected chi connectivity index (χ4v) is 7.05. The Bertz CT molecular complexity index is 1640. The topological polar surface area (TPSA) is 113 Å². The second-order valence-electron chi connectivity index (χ2n) is 13.6. The summed E-state index contributed by atoms with van der Waals surface area (Å²) in [6.07, 6.45) is -4.67.